The molecule has 88 valence electrons. The molecular formula is C12H16F2N2. The molecule has 16 heavy (non-hydrogen) atoms. The van der Waals surface area contributed by atoms with Crippen molar-refractivity contribution in [2.75, 3.05) is 31.6 Å². The number of nitrogens with zero attached hydrogens (tertiary/aromatic N) is 1. The summed E-state index contributed by atoms with van der Waals surface area (Å²) in [6.07, 6.45) is 1.12. The van der Waals surface area contributed by atoms with Crippen molar-refractivity contribution < 1.29 is 8.78 Å². The summed E-state index contributed by atoms with van der Waals surface area (Å²) in [4.78, 5) is 1.85. The van der Waals surface area contributed by atoms with Gasteiger partial charge >= 0.3 is 0 Å². The van der Waals surface area contributed by atoms with Gasteiger partial charge in [0.05, 0.1) is 5.69 Å². The summed E-state index contributed by atoms with van der Waals surface area (Å²) in [6.45, 7) is 2.81. The maximum absolute atomic E-state index is 13.5. The third-order valence-electron chi connectivity index (χ3n) is 3.02. The lowest BCUT2D eigenvalue weighted by Crippen LogP contribution is -2.27. The zero-order valence-corrected chi connectivity index (χ0v) is 9.34. The fourth-order valence-corrected chi connectivity index (χ4v) is 2.15. The molecule has 0 aliphatic carbocycles. The Morgan fingerprint density at radius 2 is 2.25 bits per heavy atom. The van der Waals surface area contributed by atoms with Crippen LogP contribution in [0.1, 0.15) is 6.42 Å². The van der Waals surface area contributed by atoms with E-state index in [-0.39, 0.29) is 0 Å². The summed E-state index contributed by atoms with van der Waals surface area (Å²) in [6, 6.07) is 3.72. The molecule has 1 aromatic carbocycles. The lowest BCUT2D eigenvalue weighted by Gasteiger charge is -2.23. The number of benzene rings is 1. The van der Waals surface area contributed by atoms with E-state index >= 15 is 0 Å². The fraction of sp³-hybridized carbons (Fsp3) is 0.500. The molecule has 1 aliphatic rings. The van der Waals surface area contributed by atoms with Gasteiger partial charge in [-0.25, -0.2) is 8.78 Å². The number of anilines is 1. The maximum atomic E-state index is 13.5. The first-order valence-electron chi connectivity index (χ1n) is 5.53. The molecule has 0 saturated carbocycles. The maximum Gasteiger partial charge on any atom is 0.149 e. The highest BCUT2D eigenvalue weighted by molar-refractivity contribution is 5.47. The third kappa shape index (κ3) is 2.50. The minimum Gasteiger partial charge on any atom is -0.372 e. The van der Waals surface area contributed by atoms with Crippen molar-refractivity contribution in [3.63, 3.8) is 0 Å². The van der Waals surface area contributed by atoms with Crippen molar-refractivity contribution in [3.8, 4) is 0 Å². The second-order valence-corrected chi connectivity index (χ2v) is 4.34. The van der Waals surface area contributed by atoms with Crippen LogP contribution < -0.4 is 10.2 Å². The van der Waals surface area contributed by atoms with Crippen LogP contribution in [0.5, 0.6) is 0 Å². The summed E-state index contributed by atoms with van der Waals surface area (Å²) in [7, 11) is 1.84. The van der Waals surface area contributed by atoms with Gasteiger partial charge in [0.2, 0.25) is 0 Å². The lowest BCUT2D eigenvalue weighted by molar-refractivity contribution is 0.556. The van der Waals surface area contributed by atoms with Crippen LogP contribution in [0, 0.1) is 17.6 Å². The number of hydrogen-bond acceptors (Lipinski definition) is 2. The van der Waals surface area contributed by atoms with Crippen LogP contribution in [0.25, 0.3) is 0 Å². The molecule has 1 N–H and O–H groups in total. The Labute approximate surface area is 94.3 Å². The molecule has 1 aromatic rings. The van der Waals surface area contributed by atoms with Crippen LogP contribution in [-0.2, 0) is 0 Å². The molecule has 1 atom stereocenters. The summed E-state index contributed by atoms with van der Waals surface area (Å²) >= 11 is 0. The van der Waals surface area contributed by atoms with Crippen molar-refractivity contribution in [3.05, 3.63) is 29.8 Å². The minimum absolute atomic E-state index is 0.466. The van der Waals surface area contributed by atoms with Gasteiger partial charge in [-0.1, -0.05) is 0 Å². The van der Waals surface area contributed by atoms with E-state index in [4.69, 9.17) is 0 Å². The second kappa shape index (κ2) is 4.78. The zero-order valence-electron chi connectivity index (χ0n) is 9.34. The van der Waals surface area contributed by atoms with Crippen LogP contribution >= 0.6 is 0 Å². The van der Waals surface area contributed by atoms with Gasteiger partial charge in [-0.05, 0) is 37.6 Å². The highest BCUT2D eigenvalue weighted by Crippen LogP contribution is 2.21. The first-order chi connectivity index (χ1) is 7.66. The molecule has 0 aromatic heterocycles. The van der Waals surface area contributed by atoms with Crippen molar-refractivity contribution >= 4 is 5.69 Å². The number of hydrogen-bond donors (Lipinski definition) is 1. The van der Waals surface area contributed by atoms with Gasteiger partial charge in [0.25, 0.3) is 0 Å². The van der Waals surface area contributed by atoms with Gasteiger partial charge < -0.3 is 10.2 Å². The second-order valence-electron chi connectivity index (χ2n) is 4.34. The predicted molar refractivity (Wildman–Crippen MR) is 60.6 cm³/mol. The molecule has 1 fully saturated rings. The largest absolute Gasteiger partial charge is 0.372 e. The van der Waals surface area contributed by atoms with Gasteiger partial charge in [0, 0.05) is 19.7 Å². The minimum atomic E-state index is -0.530. The van der Waals surface area contributed by atoms with E-state index < -0.39 is 11.6 Å². The Morgan fingerprint density at radius 1 is 1.44 bits per heavy atom. The number of nitrogens with one attached hydrogen (secondary N) is 1. The Kier molecular flexibility index (Phi) is 3.39. The molecule has 1 heterocycles. The number of halogens is 2. The quantitative estimate of drug-likeness (QED) is 0.848. The first kappa shape index (κ1) is 11.3. The van der Waals surface area contributed by atoms with E-state index in [2.05, 4.69) is 5.32 Å². The third-order valence-corrected chi connectivity index (χ3v) is 3.02. The average molecular weight is 226 g/mol. The Morgan fingerprint density at radius 3 is 2.88 bits per heavy atom. The summed E-state index contributed by atoms with van der Waals surface area (Å²) in [5.74, 6) is -0.472. The molecule has 1 aliphatic heterocycles. The molecule has 0 amide bonds. The Bertz CT molecular complexity index is 362. The van der Waals surface area contributed by atoms with Crippen LogP contribution in [0.3, 0.4) is 0 Å². The standard InChI is InChI=1S/C12H16F2N2/c1-16(8-9-4-5-15-7-9)12-3-2-10(13)6-11(12)14/h2-3,6,9,15H,4-5,7-8H2,1H3. The van der Waals surface area contributed by atoms with E-state index in [9.17, 15) is 8.78 Å². The Hall–Kier alpha value is -1.16. The summed E-state index contributed by atoms with van der Waals surface area (Å²) in [5.41, 5.74) is 0.466. The SMILES string of the molecule is CN(CC1CCNC1)c1ccc(F)cc1F. The lowest BCUT2D eigenvalue weighted by atomic mass is 10.1. The molecule has 1 unspecified atom stereocenters. The van der Waals surface area contributed by atoms with E-state index in [1.807, 2.05) is 11.9 Å². The monoisotopic (exact) mass is 226 g/mol. The summed E-state index contributed by atoms with van der Waals surface area (Å²) in [5, 5.41) is 3.27. The predicted octanol–water partition coefficient (Wildman–Crippen LogP) is 2.01. The van der Waals surface area contributed by atoms with Gasteiger partial charge in [0.1, 0.15) is 11.6 Å². The normalized spacial score (nSPS) is 20.1. The van der Waals surface area contributed by atoms with E-state index in [0.29, 0.717) is 11.6 Å². The molecule has 2 nitrogen and oxygen atoms in total. The van der Waals surface area contributed by atoms with Gasteiger partial charge in [0.15, 0.2) is 0 Å². The van der Waals surface area contributed by atoms with E-state index in [0.717, 1.165) is 32.1 Å². The van der Waals surface area contributed by atoms with E-state index in [1.54, 1.807) is 0 Å². The van der Waals surface area contributed by atoms with Crippen LogP contribution in [0.2, 0.25) is 0 Å². The molecule has 2 rings (SSSR count). The van der Waals surface area contributed by atoms with Gasteiger partial charge in [-0.15, -0.1) is 0 Å². The smallest absolute Gasteiger partial charge is 0.149 e. The number of rotatable bonds is 3. The highest BCUT2D eigenvalue weighted by atomic mass is 19.1. The van der Waals surface area contributed by atoms with Crippen molar-refractivity contribution in [1.82, 2.24) is 5.32 Å². The van der Waals surface area contributed by atoms with Crippen LogP contribution in [0.4, 0.5) is 14.5 Å². The highest BCUT2D eigenvalue weighted by Gasteiger charge is 2.18. The molecular weight excluding hydrogens is 210 g/mol. The molecule has 0 bridgehead atoms. The molecule has 1 saturated heterocycles. The topological polar surface area (TPSA) is 15.3 Å². The first-order valence-corrected chi connectivity index (χ1v) is 5.53. The zero-order chi connectivity index (χ0) is 11.5. The van der Waals surface area contributed by atoms with E-state index in [1.165, 1.54) is 12.1 Å². The Balaban J connectivity index is 2.04. The van der Waals surface area contributed by atoms with Gasteiger partial charge in [-0.2, -0.15) is 0 Å². The van der Waals surface area contributed by atoms with Crippen molar-refractivity contribution in [1.29, 1.82) is 0 Å². The van der Waals surface area contributed by atoms with Crippen LogP contribution in [-0.4, -0.2) is 26.7 Å². The fourth-order valence-electron chi connectivity index (χ4n) is 2.15. The van der Waals surface area contributed by atoms with Crippen molar-refractivity contribution in [2.45, 2.75) is 6.42 Å². The molecule has 4 heteroatoms. The molecule has 0 radical (unpaired) electrons. The van der Waals surface area contributed by atoms with Gasteiger partial charge in [-0.3, -0.25) is 0 Å². The average Bonchev–Trinajstić information content (AvgIpc) is 2.70. The van der Waals surface area contributed by atoms with Crippen molar-refractivity contribution in [2.24, 2.45) is 5.92 Å². The van der Waals surface area contributed by atoms with Crippen LogP contribution in [0.15, 0.2) is 18.2 Å². The molecule has 0 spiro atoms. The summed E-state index contributed by atoms with van der Waals surface area (Å²) < 4.78 is 26.2.